The summed E-state index contributed by atoms with van der Waals surface area (Å²) < 4.78 is 16.9. The summed E-state index contributed by atoms with van der Waals surface area (Å²) in [6.07, 6.45) is 0. The van der Waals surface area contributed by atoms with Gasteiger partial charge in [-0.1, -0.05) is 18.2 Å². The molecule has 0 atom stereocenters. The third-order valence-corrected chi connectivity index (χ3v) is 9.07. The van der Waals surface area contributed by atoms with Crippen molar-refractivity contribution in [2.75, 3.05) is 0 Å². The van der Waals surface area contributed by atoms with Crippen LogP contribution in [0.1, 0.15) is 0 Å². The first-order valence-corrected chi connectivity index (χ1v) is 9.99. The minimum Gasteiger partial charge on any atom is -0.445 e. The summed E-state index contributed by atoms with van der Waals surface area (Å²) >= 11 is 7.40. The second-order valence-electron chi connectivity index (χ2n) is 5.71. The van der Waals surface area contributed by atoms with Crippen LogP contribution in [-0.4, -0.2) is 0 Å². The van der Waals surface area contributed by atoms with Gasteiger partial charge in [0.1, 0.15) is 11.2 Å². The zero-order valence-corrected chi connectivity index (χ0v) is 13.4. The molecule has 23 heavy (non-hydrogen) atoms. The molecule has 0 unspecified atom stereocenters. The van der Waals surface area contributed by atoms with Gasteiger partial charge < -0.3 is 14.2 Å². The topological polar surface area (TPSA) is 37.6 Å². The van der Waals surface area contributed by atoms with Crippen LogP contribution in [0.15, 0.2) is 54.6 Å². The van der Waals surface area contributed by atoms with Crippen LogP contribution in [0.2, 0.25) is 0 Å². The van der Waals surface area contributed by atoms with E-state index in [0.29, 0.717) is 0 Å². The molecular weight excluding hydrogens is 331 g/mol. The van der Waals surface area contributed by atoms with E-state index in [1.165, 1.54) is 0 Å². The Morgan fingerprint density at radius 3 is 1.26 bits per heavy atom. The molecule has 0 bridgehead atoms. The monoisotopic (exact) mass is 339 g/mol. The van der Waals surface area contributed by atoms with Crippen molar-refractivity contribution in [3.8, 4) is 34.5 Å². The van der Waals surface area contributed by atoms with Crippen molar-refractivity contribution < 1.29 is 14.2 Å². The summed E-state index contributed by atoms with van der Waals surface area (Å²) in [6.45, 7) is -2.39. The van der Waals surface area contributed by atoms with Crippen LogP contribution in [0.25, 0.3) is 0 Å². The molecular formula is C18H9ClO3P+. The smallest absolute Gasteiger partial charge is 0.222 e. The molecule has 0 aliphatic carbocycles. The largest absolute Gasteiger partial charge is 0.445 e. The van der Waals surface area contributed by atoms with Gasteiger partial charge in [0.2, 0.25) is 23.9 Å². The Kier molecular flexibility index (Phi) is 2.03. The fraction of sp³-hybridized carbons (Fsp3) is 0. The van der Waals surface area contributed by atoms with Gasteiger partial charge in [0.05, 0.1) is 0 Å². The van der Waals surface area contributed by atoms with Crippen LogP contribution in [0, 0.1) is 0 Å². The first-order valence-electron chi connectivity index (χ1n) is 7.30. The number of halogens is 1. The van der Waals surface area contributed by atoms with Gasteiger partial charge >= 0.3 is 0 Å². The number of fused-ring (bicyclic) bond motifs is 3. The van der Waals surface area contributed by atoms with E-state index in [1.54, 1.807) is 0 Å². The van der Waals surface area contributed by atoms with E-state index in [1.807, 2.05) is 36.4 Å². The quantitative estimate of drug-likeness (QED) is 0.353. The van der Waals surface area contributed by atoms with Crippen molar-refractivity contribution in [2.24, 2.45) is 0 Å². The Morgan fingerprint density at radius 1 is 0.565 bits per heavy atom. The van der Waals surface area contributed by atoms with Gasteiger partial charge in [0.25, 0.3) is 0 Å². The fourth-order valence-electron chi connectivity index (χ4n) is 3.14. The molecule has 3 aromatic rings. The third-order valence-electron chi connectivity index (χ3n) is 4.38. The van der Waals surface area contributed by atoms with E-state index in [4.69, 9.17) is 25.5 Å². The summed E-state index contributed by atoms with van der Waals surface area (Å²) in [5.41, 5.74) is 0. The maximum atomic E-state index is 7.40. The van der Waals surface area contributed by atoms with Crippen LogP contribution in [0.5, 0.6) is 34.5 Å². The van der Waals surface area contributed by atoms with E-state index in [2.05, 4.69) is 18.2 Å². The molecule has 3 heterocycles. The summed E-state index contributed by atoms with van der Waals surface area (Å²) in [4.78, 5) is 0. The van der Waals surface area contributed by atoms with Gasteiger partial charge in [0.15, 0.2) is 33.2 Å². The zero-order valence-electron chi connectivity index (χ0n) is 11.7. The summed E-state index contributed by atoms with van der Waals surface area (Å²) in [7, 11) is 0. The van der Waals surface area contributed by atoms with Gasteiger partial charge in [-0.15, -0.1) is 0 Å². The van der Waals surface area contributed by atoms with Gasteiger partial charge in [-0.05, 0) is 36.4 Å². The van der Waals surface area contributed by atoms with Crippen LogP contribution in [0.3, 0.4) is 0 Å². The number of rotatable bonds is 3. The summed E-state index contributed by atoms with van der Waals surface area (Å²) in [5, 5.41) is 3.10. The average Bonchev–Trinajstić information content (AvgIpc) is 3.46. The second kappa shape index (κ2) is 3.81. The highest BCUT2D eigenvalue weighted by molar-refractivity contribution is 8.15. The normalized spacial score (nSPS) is 14.5. The molecule has 0 radical (unpaired) electrons. The number of benzene rings is 3. The molecule has 5 heteroatoms. The van der Waals surface area contributed by atoms with Crippen LogP contribution in [0.4, 0.5) is 0 Å². The Bertz CT molecular complexity index is 901. The fourth-order valence-corrected chi connectivity index (χ4v) is 7.30. The molecule has 110 valence electrons. The van der Waals surface area contributed by atoms with Crippen molar-refractivity contribution >= 4 is 33.8 Å². The average molecular weight is 340 g/mol. The van der Waals surface area contributed by atoms with Crippen molar-refractivity contribution in [3.63, 3.8) is 0 Å². The van der Waals surface area contributed by atoms with Crippen LogP contribution >= 0.6 is 17.9 Å². The minimum atomic E-state index is -2.39. The van der Waals surface area contributed by atoms with Gasteiger partial charge in [0, 0.05) is 0 Å². The van der Waals surface area contributed by atoms with Gasteiger partial charge in [-0.2, -0.15) is 0 Å². The molecule has 3 aromatic carbocycles. The Balaban J connectivity index is 1.68. The Hall–Kier alpha value is -2.22. The lowest BCUT2D eigenvalue weighted by Gasteiger charge is -2.15. The molecule has 3 nitrogen and oxygen atoms in total. The van der Waals surface area contributed by atoms with E-state index in [0.717, 1.165) is 50.4 Å². The number of ether oxygens (including phenoxy) is 3. The summed E-state index contributed by atoms with van der Waals surface area (Å²) in [5.74, 6) is 5.40. The van der Waals surface area contributed by atoms with E-state index >= 15 is 0 Å². The minimum absolute atomic E-state index is 0.896. The first kappa shape index (κ1) is 12.2. The van der Waals surface area contributed by atoms with Crippen LogP contribution in [-0.2, 0) is 0 Å². The van der Waals surface area contributed by atoms with Gasteiger partial charge in [-0.25, -0.2) is 0 Å². The highest BCUT2D eigenvalue weighted by Crippen LogP contribution is 2.71. The Morgan fingerprint density at radius 2 is 0.913 bits per heavy atom. The Labute approximate surface area is 137 Å². The molecule has 0 fully saturated rings. The summed E-state index contributed by atoms with van der Waals surface area (Å²) in [6, 6.07) is 18.0. The van der Waals surface area contributed by atoms with E-state index in [-0.39, 0.29) is 0 Å². The van der Waals surface area contributed by atoms with Crippen molar-refractivity contribution in [1.29, 1.82) is 0 Å². The molecule has 0 N–H and O–H groups in total. The molecule has 3 aliphatic heterocycles. The highest BCUT2D eigenvalue weighted by Gasteiger charge is 2.58. The second-order valence-corrected chi connectivity index (χ2v) is 9.85. The lowest BCUT2D eigenvalue weighted by Crippen LogP contribution is -2.25. The molecule has 0 aromatic heterocycles. The predicted octanol–water partition coefficient (Wildman–Crippen LogP) is 4.45. The van der Waals surface area contributed by atoms with Crippen molar-refractivity contribution in [2.45, 2.75) is 0 Å². The number of para-hydroxylation sites is 3. The van der Waals surface area contributed by atoms with Crippen LogP contribution < -0.4 is 30.1 Å². The van der Waals surface area contributed by atoms with E-state index in [9.17, 15) is 0 Å². The maximum absolute atomic E-state index is 7.40. The molecule has 0 saturated heterocycles. The third kappa shape index (κ3) is 1.54. The van der Waals surface area contributed by atoms with Crippen molar-refractivity contribution in [1.82, 2.24) is 0 Å². The molecule has 0 saturated carbocycles. The lowest BCUT2D eigenvalue weighted by atomic mass is 10.4. The lowest BCUT2D eigenvalue weighted by molar-refractivity contribution is 0.651. The first-order chi connectivity index (χ1) is 11.3. The van der Waals surface area contributed by atoms with E-state index < -0.39 is 6.62 Å². The zero-order chi connectivity index (χ0) is 15.2. The molecule has 3 aliphatic rings. The molecule has 0 amide bonds. The maximum Gasteiger partial charge on any atom is 0.222 e. The molecule has 0 spiro atoms. The number of hydrogen-bond donors (Lipinski definition) is 0. The SMILES string of the molecule is Cl[P+](c1cccc2c1O2)(c1cccc2c1O2)c1cccc2c1O2. The highest BCUT2D eigenvalue weighted by atomic mass is 35.7. The molecule has 6 rings (SSSR count). The van der Waals surface area contributed by atoms with Gasteiger partial charge in [-0.3, -0.25) is 0 Å². The number of hydrogen-bond acceptors (Lipinski definition) is 3. The van der Waals surface area contributed by atoms with Crippen molar-refractivity contribution in [3.05, 3.63) is 54.6 Å². The standard InChI is InChI=1S/C18H9ClO3P/c19-23(13-7-1-4-10-16(13)20-10,14-8-2-5-11-17(14)21-11)15-9-3-6-12-18(15)22-12/h1-9H/q+1. The predicted molar refractivity (Wildman–Crippen MR) is 91.2 cm³/mol.